The molecule has 0 atom stereocenters. The van der Waals surface area contributed by atoms with Crippen molar-refractivity contribution in [3.8, 4) is 0 Å². The van der Waals surface area contributed by atoms with Crippen LogP contribution in [0.25, 0.3) is 0 Å². The molecule has 0 saturated carbocycles. The quantitative estimate of drug-likeness (QED) is 0.772. The first-order chi connectivity index (χ1) is 9.79. The third kappa shape index (κ3) is 3.52. The average Bonchev–Trinajstić information content (AvgIpc) is 2.93. The number of halogens is 1. The molecular weight excluding hydrogens is 356 g/mol. The minimum Gasteiger partial charge on any atom is -0.452 e. The second-order valence-electron chi connectivity index (χ2n) is 6.02. The van der Waals surface area contributed by atoms with Gasteiger partial charge in [0.25, 0.3) is 0 Å². The van der Waals surface area contributed by atoms with Gasteiger partial charge in [0.2, 0.25) is 10.0 Å². The Labute approximate surface area is 135 Å². The Morgan fingerprint density at radius 2 is 2.19 bits per heavy atom. The van der Waals surface area contributed by atoms with E-state index in [2.05, 4.69) is 28.2 Å². The maximum Gasteiger partial charge on any atom is 0.247 e. The molecule has 0 unspecified atom stereocenters. The van der Waals surface area contributed by atoms with Crippen molar-refractivity contribution in [1.82, 2.24) is 9.62 Å². The SMILES string of the molecule is CCCNCc1cc(S(=O)(=O)N2CCCC2(C)C)c(Br)o1. The predicted octanol–water partition coefficient (Wildman–Crippen LogP) is 3.10. The molecule has 0 bridgehead atoms. The van der Waals surface area contributed by atoms with Crippen LogP contribution in [0.4, 0.5) is 0 Å². The van der Waals surface area contributed by atoms with Gasteiger partial charge in [0.05, 0.1) is 6.54 Å². The van der Waals surface area contributed by atoms with E-state index in [0.717, 1.165) is 25.8 Å². The molecule has 120 valence electrons. The van der Waals surface area contributed by atoms with E-state index in [-0.39, 0.29) is 10.4 Å². The smallest absolute Gasteiger partial charge is 0.247 e. The molecular formula is C14H23BrN2O3S. The van der Waals surface area contributed by atoms with Crippen LogP contribution >= 0.6 is 15.9 Å². The van der Waals surface area contributed by atoms with Crippen LogP contribution in [0.5, 0.6) is 0 Å². The molecule has 21 heavy (non-hydrogen) atoms. The molecule has 5 nitrogen and oxygen atoms in total. The van der Waals surface area contributed by atoms with E-state index < -0.39 is 10.0 Å². The highest BCUT2D eigenvalue weighted by atomic mass is 79.9. The zero-order valence-corrected chi connectivity index (χ0v) is 15.2. The van der Waals surface area contributed by atoms with Gasteiger partial charge >= 0.3 is 0 Å². The first-order valence-corrected chi connectivity index (χ1v) is 9.54. The number of hydrogen-bond donors (Lipinski definition) is 1. The summed E-state index contributed by atoms with van der Waals surface area (Å²) in [6.07, 6.45) is 2.80. The lowest BCUT2D eigenvalue weighted by Gasteiger charge is -2.30. The largest absolute Gasteiger partial charge is 0.452 e. The minimum atomic E-state index is -3.52. The summed E-state index contributed by atoms with van der Waals surface area (Å²) in [5, 5.41) is 3.21. The maximum absolute atomic E-state index is 12.8. The molecule has 1 aromatic heterocycles. The zero-order chi connectivity index (χ0) is 15.7. The summed E-state index contributed by atoms with van der Waals surface area (Å²) in [4.78, 5) is 0.228. The van der Waals surface area contributed by atoms with Crippen LogP contribution in [0.2, 0.25) is 0 Å². The number of nitrogens with one attached hydrogen (secondary N) is 1. The van der Waals surface area contributed by atoms with E-state index in [1.807, 2.05) is 13.8 Å². The summed E-state index contributed by atoms with van der Waals surface area (Å²) in [6, 6.07) is 1.62. The lowest BCUT2D eigenvalue weighted by atomic mass is 10.0. The molecule has 1 fully saturated rings. The van der Waals surface area contributed by atoms with Gasteiger partial charge in [-0.25, -0.2) is 8.42 Å². The zero-order valence-electron chi connectivity index (χ0n) is 12.8. The molecule has 1 saturated heterocycles. The van der Waals surface area contributed by atoms with Gasteiger partial charge in [-0.2, -0.15) is 4.31 Å². The van der Waals surface area contributed by atoms with Gasteiger partial charge in [-0.3, -0.25) is 0 Å². The molecule has 0 spiro atoms. The molecule has 7 heteroatoms. The Kier molecular flexibility index (Phi) is 5.18. The Balaban J connectivity index is 2.24. The van der Waals surface area contributed by atoms with Crippen molar-refractivity contribution in [2.24, 2.45) is 0 Å². The molecule has 0 aromatic carbocycles. The third-order valence-electron chi connectivity index (χ3n) is 3.83. The topological polar surface area (TPSA) is 62.6 Å². The Morgan fingerprint density at radius 1 is 1.48 bits per heavy atom. The second kappa shape index (κ2) is 6.40. The monoisotopic (exact) mass is 378 g/mol. The summed E-state index contributed by atoms with van der Waals surface area (Å²) in [7, 11) is -3.52. The standard InChI is InChI=1S/C14H23BrN2O3S/c1-4-7-16-10-11-9-12(13(15)20-11)21(18,19)17-8-5-6-14(17,2)3/h9,16H,4-8,10H2,1-3H3. The first-order valence-electron chi connectivity index (χ1n) is 7.31. The van der Waals surface area contributed by atoms with Gasteiger partial charge in [-0.1, -0.05) is 6.92 Å². The normalized spacial score (nSPS) is 19.2. The Morgan fingerprint density at radius 3 is 2.76 bits per heavy atom. The maximum atomic E-state index is 12.8. The van der Waals surface area contributed by atoms with Crippen molar-refractivity contribution in [3.05, 3.63) is 16.5 Å². The predicted molar refractivity (Wildman–Crippen MR) is 85.6 cm³/mol. The summed E-state index contributed by atoms with van der Waals surface area (Å²) >= 11 is 3.25. The van der Waals surface area contributed by atoms with Crippen LogP contribution < -0.4 is 5.32 Å². The molecule has 0 amide bonds. The molecule has 0 radical (unpaired) electrons. The van der Waals surface area contributed by atoms with Crippen molar-refractivity contribution < 1.29 is 12.8 Å². The van der Waals surface area contributed by atoms with Crippen LogP contribution in [0.1, 0.15) is 45.8 Å². The lowest BCUT2D eigenvalue weighted by molar-refractivity contribution is 0.291. The molecule has 2 rings (SSSR count). The summed E-state index contributed by atoms with van der Waals surface area (Å²) in [6.45, 7) is 7.99. The highest BCUT2D eigenvalue weighted by Gasteiger charge is 2.42. The highest BCUT2D eigenvalue weighted by molar-refractivity contribution is 9.10. The van der Waals surface area contributed by atoms with Crippen LogP contribution in [0.15, 0.2) is 20.0 Å². The van der Waals surface area contributed by atoms with Crippen molar-refractivity contribution in [3.63, 3.8) is 0 Å². The van der Waals surface area contributed by atoms with Crippen LogP contribution in [-0.4, -0.2) is 31.4 Å². The third-order valence-corrected chi connectivity index (χ3v) is 6.79. The van der Waals surface area contributed by atoms with Crippen molar-refractivity contribution in [1.29, 1.82) is 0 Å². The second-order valence-corrected chi connectivity index (χ2v) is 8.57. The number of sulfonamides is 1. The van der Waals surface area contributed by atoms with Crippen LogP contribution in [0, 0.1) is 0 Å². The van der Waals surface area contributed by atoms with E-state index in [9.17, 15) is 8.42 Å². The highest BCUT2D eigenvalue weighted by Crippen LogP contribution is 2.37. The molecule has 2 heterocycles. The molecule has 1 aromatic rings. The number of rotatable bonds is 6. The van der Waals surface area contributed by atoms with Gasteiger partial charge in [0.15, 0.2) is 4.67 Å². The lowest BCUT2D eigenvalue weighted by Crippen LogP contribution is -2.42. The van der Waals surface area contributed by atoms with Gasteiger partial charge < -0.3 is 9.73 Å². The van der Waals surface area contributed by atoms with E-state index >= 15 is 0 Å². The summed E-state index contributed by atoms with van der Waals surface area (Å²) in [5.74, 6) is 0.630. The van der Waals surface area contributed by atoms with Gasteiger partial charge in [-0.15, -0.1) is 0 Å². The van der Waals surface area contributed by atoms with Crippen LogP contribution in [-0.2, 0) is 16.6 Å². The van der Waals surface area contributed by atoms with Gasteiger partial charge in [-0.05, 0) is 55.6 Å². The van der Waals surface area contributed by atoms with E-state index in [1.165, 1.54) is 0 Å². The van der Waals surface area contributed by atoms with Crippen molar-refractivity contribution >= 4 is 26.0 Å². The van der Waals surface area contributed by atoms with E-state index in [4.69, 9.17) is 4.42 Å². The fourth-order valence-corrected chi connectivity index (χ4v) is 5.51. The van der Waals surface area contributed by atoms with Gasteiger partial charge in [0, 0.05) is 18.2 Å². The molecule has 0 aliphatic carbocycles. The fraction of sp³-hybridized carbons (Fsp3) is 0.714. The van der Waals surface area contributed by atoms with Crippen molar-refractivity contribution in [2.75, 3.05) is 13.1 Å². The summed E-state index contributed by atoms with van der Waals surface area (Å²) < 4.78 is 33.1. The number of hydrogen-bond acceptors (Lipinski definition) is 4. The van der Waals surface area contributed by atoms with E-state index in [1.54, 1.807) is 10.4 Å². The molecule has 1 N–H and O–H groups in total. The van der Waals surface area contributed by atoms with E-state index in [0.29, 0.717) is 23.5 Å². The Hall–Kier alpha value is -0.370. The average molecular weight is 379 g/mol. The fourth-order valence-electron chi connectivity index (χ4n) is 2.70. The number of furan rings is 1. The van der Waals surface area contributed by atoms with Gasteiger partial charge in [0.1, 0.15) is 10.7 Å². The van der Waals surface area contributed by atoms with Crippen LogP contribution in [0.3, 0.4) is 0 Å². The molecule has 1 aliphatic rings. The summed E-state index contributed by atoms with van der Waals surface area (Å²) in [5.41, 5.74) is -0.337. The van der Waals surface area contributed by atoms with Crippen molar-refractivity contribution in [2.45, 2.75) is 57.0 Å². The Bertz CT molecular complexity index is 595. The minimum absolute atomic E-state index is 0.228. The first kappa shape index (κ1) is 17.0. The number of nitrogens with zero attached hydrogens (tertiary/aromatic N) is 1. The molecule has 1 aliphatic heterocycles.